The van der Waals surface area contributed by atoms with Gasteiger partial charge in [0, 0.05) is 0 Å². The standard InChI is InChI=1S/C9H3ClF2N2O3/c10-4-2-5(11)3(1-6(4)12)7-13-14-8(17-7)9(15)16/h1-2H,(H,15,16). The van der Waals surface area contributed by atoms with Crippen LogP contribution in [-0.2, 0) is 0 Å². The van der Waals surface area contributed by atoms with E-state index in [1.807, 2.05) is 0 Å². The van der Waals surface area contributed by atoms with E-state index in [-0.39, 0.29) is 5.56 Å². The monoisotopic (exact) mass is 260 g/mol. The van der Waals surface area contributed by atoms with Crippen molar-refractivity contribution in [2.24, 2.45) is 0 Å². The van der Waals surface area contributed by atoms with Crippen LogP contribution in [0.5, 0.6) is 0 Å². The second-order valence-corrected chi connectivity index (χ2v) is 3.37. The van der Waals surface area contributed by atoms with Gasteiger partial charge in [0.1, 0.15) is 11.6 Å². The molecule has 0 saturated heterocycles. The average Bonchev–Trinajstić information content (AvgIpc) is 2.72. The van der Waals surface area contributed by atoms with Crippen LogP contribution in [0.15, 0.2) is 16.5 Å². The Morgan fingerprint density at radius 1 is 1.29 bits per heavy atom. The van der Waals surface area contributed by atoms with E-state index >= 15 is 0 Å². The van der Waals surface area contributed by atoms with Gasteiger partial charge in [0.2, 0.25) is 0 Å². The Kier molecular flexibility index (Phi) is 2.76. The second kappa shape index (κ2) is 4.10. The molecule has 0 aliphatic heterocycles. The molecule has 1 N–H and O–H groups in total. The van der Waals surface area contributed by atoms with E-state index in [4.69, 9.17) is 16.7 Å². The molecule has 0 saturated carbocycles. The highest BCUT2D eigenvalue weighted by Gasteiger charge is 2.18. The molecule has 1 aromatic heterocycles. The Balaban J connectivity index is 2.52. The molecular formula is C9H3ClF2N2O3. The zero-order chi connectivity index (χ0) is 12.6. The van der Waals surface area contributed by atoms with Crippen LogP contribution in [0.25, 0.3) is 11.5 Å². The van der Waals surface area contributed by atoms with E-state index in [2.05, 4.69) is 14.6 Å². The molecule has 1 heterocycles. The van der Waals surface area contributed by atoms with Crippen molar-refractivity contribution in [3.63, 3.8) is 0 Å². The first kappa shape index (κ1) is 11.5. The summed E-state index contributed by atoms with van der Waals surface area (Å²) in [4.78, 5) is 10.5. The van der Waals surface area contributed by atoms with Gasteiger partial charge in [0.15, 0.2) is 0 Å². The molecule has 0 aliphatic rings. The van der Waals surface area contributed by atoms with Gasteiger partial charge in [-0.1, -0.05) is 11.6 Å². The van der Waals surface area contributed by atoms with E-state index in [9.17, 15) is 13.6 Å². The molecule has 0 radical (unpaired) electrons. The zero-order valence-corrected chi connectivity index (χ0v) is 8.70. The summed E-state index contributed by atoms with van der Waals surface area (Å²) < 4.78 is 31.1. The lowest BCUT2D eigenvalue weighted by Gasteiger charge is -1.99. The predicted molar refractivity (Wildman–Crippen MR) is 51.6 cm³/mol. The molecule has 5 nitrogen and oxygen atoms in total. The van der Waals surface area contributed by atoms with Gasteiger partial charge in [0.05, 0.1) is 10.6 Å². The molecule has 17 heavy (non-hydrogen) atoms. The van der Waals surface area contributed by atoms with Gasteiger partial charge < -0.3 is 9.52 Å². The number of hydrogen-bond acceptors (Lipinski definition) is 4. The maximum Gasteiger partial charge on any atom is 0.393 e. The lowest BCUT2D eigenvalue weighted by molar-refractivity contribution is 0.0654. The summed E-state index contributed by atoms with van der Waals surface area (Å²) in [7, 11) is 0. The Morgan fingerprint density at radius 3 is 2.59 bits per heavy atom. The van der Waals surface area contributed by atoms with Crippen LogP contribution in [0, 0.1) is 11.6 Å². The third-order valence-electron chi connectivity index (χ3n) is 1.85. The Morgan fingerprint density at radius 2 is 2.00 bits per heavy atom. The quantitative estimate of drug-likeness (QED) is 0.839. The molecule has 0 atom stereocenters. The van der Waals surface area contributed by atoms with E-state index in [0.717, 1.165) is 12.1 Å². The topological polar surface area (TPSA) is 76.2 Å². The highest BCUT2D eigenvalue weighted by molar-refractivity contribution is 6.30. The number of halogens is 3. The minimum absolute atomic E-state index is 0.355. The van der Waals surface area contributed by atoms with Gasteiger partial charge in [-0.15, -0.1) is 10.2 Å². The Bertz CT molecular complexity index is 600. The Hall–Kier alpha value is -2.02. The fourth-order valence-electron chi connectivity index (χ4n) is 1.10. The summed E-state index contributed by atoms with van der Waals surface area (Å²) in [6.07, 6.45) is 0. The molecule has 0 bridgehead atoms. The molecule has 0 spiro atoms. The lowest BCUT2D eigenvalue weighted by Crippen LogP contribution is -1.95. The van der Waals surface area contributed by atoms with Crippen LogP contribution in [0.4, 0.5) is 8.78 Å². The van der Waals surface area contributed by atoms with Gasteiger partial charge in [-0.25, -0.2) is 13.6 Å². The summed E-state index contributed by atoms with van der Waals surface area (Å²) in [5.41, 5.74) is -0.355. The maximum absolute atomic E-state index is 13.4. The Labute approximate surface area is 97.6 Å². The number of carboxylic acids is 1. The largest absolute Gasteiger partial charge is 0.474 e. The predicted octanol–water partition coefficient (Wildman–Crippen LogP) is 2.37. The second-order valence-electron chi connectivity index (χ2n) is 2.96. The molecule has 0 aliphatic carbocycles. The third kappa shape index (κ3) is 2.09. The van der Waals surface area contributed by atoms with E-state index in [0.29, 0.717) is 0 Å². The van der Waals surface area contributed by atoms with Crippen LogP contribution >= 0.6 is 11.6 Å². The van der Waals surface area contributed by atoms with Crippen molar-refractivity contribution in [3.05, 3.63) is 34.7 Å². The molecule has 8 heteroatoms. The van der Waals surface area contributed by atoms with Gasteiger partial charge >= 0.3 is 11.9 Å². The summed E-state index contributed by atoms with van der Waals surface area (Å²) in [6, 6.07) is 1.48. The highest BCUT2D eigenvalue weighted by atomic mass is 35.5. The molecule has 88 valence electrons. The number of benzene rings is 1. The number of aromatic nitrogens is 2. The van der Waals surface area contributed by atoms with E-state index in [1.54, 1.807) is 0 Å². The lowest BCUT2D eigenvalue weighted by atomic mass is 10.2. The van der Waals surface area contributed by atoms with Crippen molar-refractivity contribution in [1.29, 1.82) is 0 Å². The van der Waals surface area contributed by atoms with Crippen LogP contribution in [0.1, 0.15) is 10.7 Å². The van der Waals surface area contributed by atoms with Crippen LogP contribution in [0.2, 0.25) is 5.02 Å². The van der Waals surface area contributed by atoms with Crippen molar-refractivity contribution in [2.75, 3.05) is 0 Å². The van der Waals surface area contributed by atoms with Crippen LogP contribution in [0.3, 0.4) is 0 Å². The summed E-state index contributed by atoms with van der Waals surface area (Å²) in [6.45, 7) is 0. The number of carboxylic acid groups (broad SMARTS) is 1. The minimum atomic E-state index is -1.46. The molecular weight excluding hydrogens is 258 g/mol. The number of rotatable bonds is 2. The van der Waals surface area contributed by atoms with Crippen LogP contribution in [-0.4, -0.2) is 21.3 Å². The third-order valence-corrected chi connectivity index (χ3v) is 2.14. The zero-order valence-electron chi connectivity index (χ0n) is 7.95. The number of aromatic carboxylic acids is 1. The molecule has 0 fully saturated rings. The highest BCUT2D eigenvalue weighted by Crippen LogP contribution is 2.26. The van der Waals surface area contributed by atoms with Gasteiger partial charge in [-0.05, 0) is 12.1 Å². The van der Waals surface area contributed by atoms with Gasteiger partial charge in [0.25, 0.3) is 5.89 Å². The van der Waals surface area contributed by atoms with E-state index in [1.165, 1.54) is 0 Å². The van der Waals surface area contributed by atoms with Crippen molar-refractivity contribution >= 4 is 17.6 Å². The van der Waals surface area contributed by atoms with Crippen molar-refractivity contribution < 1.29 is 23.1 Å². The minimum Gasteiger partial charge on any atom is -0.474 e. The first-order valence-electron chi connectivity index (χ1n) is 4.20. The number of nitrogens with zero attached hydrogens (tertiary/aromatic N) is 2. The van der Waals surface area contributed by atoms with Crippen molar-refractivity contribution in [2.45, 2.75) is 0 Å². The average molecular weight is 261 g/mol. The normalized spacial score (nSPS) is 10.5. The molecule has 2 aromatic rings. The SMILES string of the molecule is O=C(O)c1nnc(-c2cc(F)c(Cl)cc2F)o1. The summed E-state index contributed by atoms with van der Waals surface area (Å²) in [5, 5.41) is 14.6. The fraction of sp³-hybridized carbons (Fsp3) is 0. The molecule has 1 aromatic carbocycles. The molecule has 0 amide bonds. The molecule has 2 rings (SSSR count). The van der Waals surface area contributed by atoms with Crippen molar-refractivity contribution in [3.8, 4) is 11.5 Å². The maximum atomic E-state index is 13.4. The van der Waals surface area contributed by atoms with E-state index < -0.39 is 34.4 Å². The fourth-order valence-corrected chi connectivity index (χ4v) is 1.26. The first-order chi connectivity index (χ1) is 7.99. The van der Waals surface area contributed by atoms with Crippen molar-refractivity contribution in [1.82, 2.24) is 10.2 Å². The summed E-state index contributed by atoms with van der Waals surface area (Å²) >= 11 is 5.35. The number of carbonyl (C=O) groups is 1. The van der Waals surface area contributed by atoms with Crippen LogP contribution < -0.4 is 0 Å². The van der Waals surface area contributed by atoms with Gasteiger partial charge in [-0.3, -0.25) is 0 Å². The number of hydrogen-bond donors (Lipinski definition) is 1. The smallest absolute Gasteiger partial charge is 0.393 e. The first-order valence-corrected chi connectivity index (χ1v) is 4.58. The van der Waals surface area contributed by atoms with Gasteiger partial charge in [-0.2, -0.15) is 0 Å². The molecule has 0 unspecified atom stereocenters. The summed E-state index contributed by atoms with van der Waals surface area (Å²) in [5.74, 6) is -4.38.